The number of hydrogen-bond donors (Lipinski definition) is 1. The minimum absolute atomic E-state index is 0.736. The normalized spacial score (nSPS) is 19.3. The zero-order valence-corrected chi connectivity index (χ0v) is 9.66. The lowest BCUT2D eigenvalue weighted by molar-refractivity contribution is 0.594. The molecular formula is C13H20N2. The quantitative estimate of drug-likeness (QED) is 0.757. The van der Waals surface area contributed by atoms with Gasteiger partial charge in [0.1, 0.15) is 0 Å². The molecule has 2 rings (SSSR count). The highest BCUT2D eigenvalue weighted by Gasteiger charge is 2.24. The van der Waals surface area contributed by atoms with Crippen LogP contribution in [0.1, 0.15) is 24.3 Å². The van der Waals surface area contributed by atoms with Gasteiger partial charge in [-0.05, 0) is 38.1 Å². The van der Waals surface area contributed by atoms with Crippen LogP contribution in [0.3, 0.4) is 0 Å². The van der Waals surface area contributed by atoms with Crippen LogP contribution < -0.4 is 10.2 Å². The number of likely N-dealkylation sites (N-methyl/N-ethyl adjacent to an activating group) is 1. The highest BCUT2D eigenvalue weighted by atomic mass is 15.1. The maximum absolute atomic E-state index is 3.21. The van der Waals surface area contributed by atoms with Gasteiger partial charge in [0.15, 0.2) is 0 Å². The van der Waals surface area contributed by atoms with Crippen LogP contribution in [0.2, 0.25) is 0 Å². The Balaban J connectivity index is 2.04. The van der Waals surface area contributed by atoms with Crippen molar-refractivity contribution in [3.05, 3.63) is 29.8 Å². The van der Waals surface area contributed by atoms with Crippen LogP contribution in [0.25, 0.3) is 0 Å². The van der Waals surface area contributed by atoms with Gasteiger partial charge in [0.05, 0.1) is 0 Å². The van der Waals surface area contributed by atoms with Crippen molar-refractivity contribution in [2.75, 3.05) is 32.1 Å². The van der Waals surface area contributed by atoms with Crippen LogP contribution in [0.5, 0.6) is 0 Å². The first-order valence-corrected chi connectivity index (χ1v) is 5.77. The average Bonchev–Trinajstić information content (AvgIpc) is 2.58. The first-order valence-electron chi connectivity index (χ1n) is 5.77. The molecule has 0 saturated carbocycles. The largest absolute Gasteiger partial charge is 0.374 e. The number of nitrogens with zero attached hydrogens (tertiary/aromatic N) is 1. The monoisotopic (exact) mass is 204 g/mol. The molecule has 1 aliphatic rings. The van der Waals surface area contributed by atoms with Gasteiger partial charge in [-0.15, -0.1) is 0 Å². The minimum atomic E-state index is 0.736. The summed E-state index contributed by atoms with van der Waals surface area (Å²) < 4.78 is 0. The number of nitrogens with one attached hydrogen (secondary N) is 1. The van der Waals surface area contributed by atoms with Crippen LogP contribution in [0, 0.1) is 0 Å². The van der Waals surface area contributed by atoms with Crippen molar-refractivity contribution in [2.24, 2.45) is 0 Å². The molecule has 1 N–H and O–H groups in total. The summed E-state index contributed by atoms with van der Waals surface area (Å²) in [7, 11) is 4.21. The second-order valence-corrected chi connectivity index (χ2v) is 4.38. The second-order valence-electron chi connectivity index (χ2n) is 4.38. The fraction of sp³-hybridized carbons (Fsp3) is 0.538. The molecule has 1 unspecified atom stereocenters. The maximum atomic E-state index is 3.21. The first-order chi connectivity index (χ1) is 7.33. The van der Waals surface area contributed by atoms with Gasteiger partial charge in [0, 0.05) is 25.2 Å². The molecule has 0 bridgehead atoms. The van der Waals surface area contributed by atoms with Crippen molar-refractivity contribution in [2.45, 2.75) is 18.8 Å². The van der Waals surface area contributed by atoms with Crippen molar-refractivity contribution in [3.63, 3.8) is 0 Å². The summed E-state index contributed by atoms with van der Waals surface area (Å²) >= 11 is 0. The van der Waals surface area contributed by atoms with Crippen molar-refractivity contribution < 1.29 is 0 Å². The van der Waals surface area contributed by atoms with E-state index < -0.39 is 0 Å². The number of para-hydroxylation sites is 1. The van der Waals surface area contributed by atoms with E-state index in [2.05, 4.69) is 41.5 Å². The Kier molecular flexibility index (Phi) is 3.27. The first kappa shape index (κ1) is 10.5. The molecule has 0 aromatic heterocycles. The van der Waals surface area contributed by atoms with Gasteiger partial charge in [0.25, 0.3) is 0 Å². The van der Waals surface area contributed by atoms with Crippen molar-refractivity contribution in [1.29, 1.82) is 0 Å². The summed E-state index contributed by atoms with van der Waals surface area (Å²) in [5.41, 5.74) is 2.96. The molecule has 0 amide bonds. The third-order valence-corrected chi connectivity index (χ3v) is 3.26. The van der Waals surface area contributed by atoms with Crippen molar-refractivity contribution >= 4 is 5.69 Å². The molecular weight excluding hydrogens is 184 g/mol. The Bertz CT molecular complexity index is 322. The fourth-order valence-corrected chi connectivity index (χ4v) is 2.48. The number of fused-ring (bicyclic) bond motifs is 1. The molecule has 1 aliphatic heterocycles. The molecule has 1 aromatic carbocycles. The number of anilines is 1. The fourth-order valence-electron chi connectivity index (χ4n) is 2.48. The van der Waals surface area contributed by atoms with Gasteiger partial charge in [-0.2, -0.15) is 0 Å². The Morgan fingerprint density at radius 2 is 2.20 bits per heavy atom. The Morgan fingerprint density at radius 1 is 1.40 bits per heavy atom. The summed E-state index contributed by atoms with van der Waals surface area (Å²) in [6, 6.07) is 8.80. The van der Waals surface area contributed by atoms with Gasteiger partial charge in [-0.3, -0.25) is 0 Å². The van der Waals surface area contributed by atoms with E-state index in [1.807, 2.05) is 7.05 Å². The molecule has 0 spiro atoms. The van der Waals surface area contributed by atoms with Gasteiger partial charge in [-0.25, -0.2) is 0 Å². The lowest BCUT2D eigenvalue weighted by atomic mass is 9.96. The summed E-state index contributed by atoms with van der Waals surface area (Å²) in [5, 5.41) is 3.21. The van der Waals surface area contributed by atoms with Crippen molar-refractivity contribution in [1.82, 2.24) is 5.32 Å². The molecule has 1 atom stereocenters. The molecule has 2 heteroatoms. The summed E-state index contributed by atoms with van der Waals surface area (Å²) in [5.74, 6) is 0.736. The molecule has 82 valence electrons. The highest BCUT2D eigenvalue weighted by molar-refractivity contribution is 5.59. The molecule has 1 heterocycles. The Labute approximate surface area is 92.3 Å². The summed E-state index contributed by atoms with van der Waals surface area (Å²) in [4.78, 5) is 2.37. The number of rotatable bonds is 4. The van der Waals surface area contributed by atoms with Crippen LogP contribution >= 0.6 is 0 Å². The van der Waals surface area contributed by atoms with E-state index in [1.165, 1.54) is 30.6 Å². The topological polar surface area (TPSA) is 15.3 Å². The molecule has 0 saturated heterocycles. The maximum Gasteiger partial charge on any atom is 0.0399 e. The zero-order valence-electron chi connectivity index (χ0n) is 9.66. The SMILES string of the molecule is CNCCCC1CN(C)c2ccccc21. The van der Waals surface area contributed by atoms with E-state index in [0.29, 0.717) is 0 Å². The summed E-state index contributed by atoms with van der Waals surface area (Å²) in [6.07, 6.45) is 2.56. The van der Waals surface area contributed by atoms with E-state index in [0.717, 1.165) is 12.5 Å². The third kappa shape index (κ3) is 2.15. The van der Waals surface area contributed by atoms with E-state index in [9.17, 15) is 0 Å². The zero-order chi connectivity index (χ0) is 10.7. The molecule has 15 heavy (non-hydrogen) atoms. The van der Waals surface area contributed by atoms with E-state index in [-0.39, 0.29) is 0 Å². The van der Waals surface area contributed by atoms with E-state index in [4.69, 9.17) is 0 Å². The smallest absolute Gasteiger partial charge is 0.0399 e. The standard InChI is InChI=1S/C13H20N2/c1-14-9-5-6-11-10-15(2)13-8-4-3-7-12(11)13/h3-4,7-8,11,14H,5-6,9-10H2,1-2H3. The van der Waals surface area contributed by atoms with Crippen molar-refractivity contribution in [3.8, 4) is 0 Å². The van der Waals surface area contributed by atoms with Gasteiger partial charge in [0.2, 0.25) is 0 Å². The minimum Gasteiger partial charge on any atom is -0.374 e. The van der Waals surface area contributed by atoms with Gasteiger partial charge >= 0.3 is 0 Å². The Morgan fingerprint density at radius 3 is 3.00 bits per heavy atom. The predicted octanol–water partition coefficient (Wildman–Crippen LogP) is 2.22. The molecule has 0 radical (unpaired) electrons. The van der Waals surface area contributed by atoms with E-state index in [1.54, 1.807) is 0 Å². The summed E-state index contributed by atoms with van der Waals surface area (Å²) in [6.45, 7) is 2.31. The molecule has 1 aromatic rings. The molecule has 0 aliphatic carbocycles. The van der Waals surface area contributed by atoms with Crippen LogP contribution in [-0.2, 0) is 0 Å². The van der Waals surface area contributed by atoms with Crippen LogP contribution in [0.15, 0.2) is 24.3 Å². The molecule has 0 fully saturated rings. The van der Waals surface area contributed by atoms with Gasteiger partial charge < -0.3 is 10.2 Å². The lowest BCUT2D eigenvalue weighted by Gasteiger charge is -2.12. The van der Waals surface area contributed by atoms with E-state index >= 15 is 0 Å². The van der Waals surface area contributed by atoms with Crippen LogP contribution in [-0.4, -0.2) is 27.2 Å². The Hall–Kier alpha value is -1.02. The molecule has 2 nitrogen and oxygen atoms in total. The third-order valence-electron chi connectivity index (χ3n) is 3.26. The lowest BCUT2D eigenvalue weighted by Crippen LogP contribution is -2.16. The average molecular weight is 204 g/mol. The highest BCUT2D eigenvalue weighted by Crippen LogP contribution is 2.37. The predicted molar refractivity (Wildman–Crippen MR) is 65.6 cm³/mol. The van der Waals surface area contributed by atoms with Gasteiger partial charge in [-0.1, -0.05) is 18.2 Å². The second kappa shape index (κ2) is 4.67. The number of hydrogen-bond acceptors (Lipinski definition) is 2. The number of benzene rings is 1. The van der Waals surface area contributed by atoms with Crippen LogP contribution in [0.4, 0.5) is 5.69 Å².